The highest BCUT2D eigenvalue weighted by molar-refractivity contribution is 5.81. The van der Waals surface area contributed by atoms with Crippen LogP contribution in [-0.2, 0) is 4.79 Å². The molecule has 0 bridgehead atoms. The Bertz CT molecular complexity index is 501. The van der Waals surface area contributed by atoms with E-state index in [1.54, 1.807) is 13.2 Å². The quantitative estimate of drug-likeness (QED) is 0.706. The third kappa shape index (κ3) is 6.04. The second-order valence-corrected chi connectivity index (χ2v) is 6.24. The molecule has 1 aliphatic rings. The third-order valence-electron chi connectivity index (χ3n) is 4.38. The van der Waals surface area contributed by atoms with Gasteiger partial charge < -0.3 is 19.7 Å². The van der Waals surface area contributed by atoms with Crippen molar-refractivity contribution in [1.29, 1.82) is 0 Å². The van der Waals surface area contributed by atoms with Crippen molar-refractivity contribution < 1.29 is 14.3 Å². The van der Waals surface area contributed by atoms with Crippen molar-refractivity contribution in [3.05, 3.63) is 24.3 Å². The molecule has 1 aliphatic heterocycles. The molecule has 1 heterocycles. The molecule has 1 aromatic carbocycles. The van der Waals surface area contributed by atoms with Gasteiger partial charge in [0.15, 0.2) is 6.10 Å². The molecule has 5 heteroatoms. The Morgan fingerprint density at radius 2 is 2.00 bits per heavy atom. The number of ether oxygens (including phenoxy) is 2. The zero-order chi connectivity index (χ0) is 17.2. The SMILES string of the molecule is CC[C@H](Oc1cccc(OC)c1)C(=O)NCCCN1CCCCC1. The van der Waals surface area contributed by atoms with Crippen LogP contribution < -0.4 is 14.8 Å². The number of carbonyl (C=O) groups excluding carboxylic acids is 1. The molecule has 1 saturated heterocycles. The highest BCUT2D eigenvalue weighted by Crippen LogP contribution is 2.20. The monoisotopic (exact) mass is 334 g/mol. The largest absolute Gasteiger partial charge is 0.497 e. The van der Waals surface area contributed by atoms with E-state index in [1.807, 2.05) is 25.1 Å². The van der Waals surface area contributed by atoms with Gasteiger partial charge in [0, 0.05) is 12.6 Å². The number of hydrogen-bond acceptors (Lipinski definition) is 4. The fourth-order valence-electron chi connectivity index (χ4n) is 2.97. The molecule has 1 atom stereocenters. The van der Waals surface area contributed by atoms with Gasteiger partial charge in [-0.2, -0.15) is 0 Å². The summed E-state index contributed by atoms with van der Waals surface area (Å²) in [4.78, 5) is 14.8. The molecular formula is C19H30N2O3. The molecule has 0 saturated carbocycles. The minimum atomic E-state index is -0.466. The van der Waals surface area contributed by atoms with E-state index in [-0.39, 0.29) is 5.91 Å². The lowest BCUT2D eigenvalue weighted by Crippen LogP contribution is -2.39. The summed E-state index contributed by atoms with van der Waals surface area (Å²) < 4.78 is 11.0. The zero-order valence-corrected chi connectivity index (χ0v) is 14.9. The summed E-state index contributed by atoms with van der Waals surface area (Å²) in [7, 11) is 1.62. The summed E-state index contributed by atoms with van der Waals surface area (Å²) in [5, 5.41) is 3.00. The minimum Gasteiger partial charge on any atom is -0.497 e. The van der Waals surface area contributed by atoms with Crippen molar-refractivity contribution >= 4 is 5.91 Å². The van der Waals surface area contributed by atoms with E-state index >= 15 is 0 Å². The van der Waals surface area contributed by atoms with Gasteiger partial charge in [-0.05, 0) is 57.5 Å². The first-order valence-corrected chi connectivity index (χ1v) is 9.03. The predicted octanol–water partition coefficient (Wildman–Crippen LogP) is 2.84. The fourth-order valence-corrected chi connectivity index (χ4v) is 2.97. The molecule has 1 aromatic rings. The molecule has 0 aliphatic carbocycles. The molecule has 1 amide bonds. The first kappa shape index (κ1) is 18.6. The summed E-state index contributed by atoms with van der Waals surface area (Å²) in [6.45, 7) is 6.12. The van der Waals surface area contributed by atoms with Gasteiger partial charge in [0.05, 0.1) is 7.11 Å². The van der Waals surface area contributed by atoms with E-state index in [0.29, 0.717) is 18.7 Å². The van der Waals surface area contributed by atoms with Gasteiger partial charge in [0.25, 0.3) is 5.91 Å². The van der Waals surface area contributed by atoms with Gasteiger partial charge in [-0.1, -0.05) is 19.4 Å². The van der Waals surface area contributed by atoms with Crippen LogP contribution in [0.5, 0.6) is 11.5 Å². The number of methoxy groups -OCH3 is 1. The van der Waals surface area contributed by atoms with E-state index < -0.39 is 6.10 Å². The molecule has 0 spiro atoms. The second kappa shape index (κ2) is 10.2. The van der Waals surface area contributed by atoms with Crippen molar-refractivity contribution in [2.24, 2.45) is 0 Å². The molecule has 24 heavy (non-hydrogen) atoms. The van der Waals surface area contributed by atoms with Gasteiger partial charge >= 0.3 is 0 Å². The first-order valence-electron chi connectivity index (χ1n) is 9.03. The van der Waals surface area contributed by atoms with Crippen LogP contribution in [0, 0.1) is 0 Å². The van der Waals surface area contributed by atoms with Gasteiger partial charge in [-0.3, -0.25) is 4.79 Å². The maximum absolute atomic E-state index is 12.3. The summed E-state index contributed by atoms with van der Waals surface area (Å²) in [6.07, 6.45) is 5.12. The predicted molar refractivity (Wildman–Crippen MR) is 95.6 cm³/mol. The maximum atomic E-state index is 12.3. The highest BCUT2D eigenvalue weighted by atomic mass is 16.5. The van der Waals surface area contributed by atoms with Crippen LogP contribution in [0.1, 0.15) is 39.0 Å². The van der Waals surface area contributed by atoms with Gasteiger partial charge in [0.1, 0.15) is 11.5 Å². The fraction of sp³-hybridized carbons (Fsp3) is 0.632. The van der Waals surface area contributed by atoms with Crippen LogP contribution in [0.25, 0.3) is 0 Å². The van der Waals surface area contributed by atoms with Crippen LogP contribution in [0.2, 0.25) is 0 Å². The number of hydrogen-bond donors (Lipinski definition) is 1. The van der Waals surface area contributed by atoms with E-state index in [9.17, 15) is 4.79 Å². The van der Waals surface area contributed by atoms with Gasteiger partial charge in [-0.25, -0.2) is 0 Å². The lowest BCUT2D eigenvalue weighted by Gasteiger charge is -2.26. The molecular weight excluding hydrogens is 304 g/mol. The number of amides is 1. The standard InChI is InChI=1S/C19H30N2O3/c1-3-18(24-17-10-7-9-16(15-17)23-2)19(22)20-11-8-14-21-12-5-4-6-13-21/h7,9-10,15,18H,3-6,8,11-14H2,1-2H3,(H,20,22)/t18-/m0/s1. The second-order valence-electron chi connectivity index (χ2n) is 6.24. The lowest BCUT2D eigenvalue weighted by atomic mass is 10.1. The summed E-state index contributed by atoms with van der Waals surface area (Å²) in [5.74, 6) is 1.34. The number of benzene rings is 1. The Morgan fingerprint density at radius 1 is 1.25 bits per heavy atom. The van der Waals surface area contributed by atoms with Crippen LogP contribution >= 0.6 is 0 Å². The number of carbonyl (C=O) groups is 1. The Kier molecular flexibility index (Phi) is 7.89. The van der Waals surface area contributed by atoms with Gasteiger partial charge in [0.2, 0.25) is 0 Å². The molecule has 5 nitrogen and oxygen atoms in total. The number of rotatable bonds is 9. The van der Waals surface area contributed by atoms with E-state index in [1.165, 1.54) is 32.4 Å². The van der Waals surface area contributed by atoms with Crippen LogP contribution in [0.3, 0.4) is 0 Å². The number of likely N-dealkylation sites (tertiary alicyclic amines) is 1. The average Bonchev–Trinajstić information content (AvgIpc) is 2.64. The minimum absolute atomic E-state index is 0.0426. The number of nitrogens with zero attached hydrogens (tertiary/aromatic N) is 1. The smallest absolute Gasteiger partial charge is 0.261 e. The maximum Gasteiger partial charge on any atom is 0.261 e. The molecule has 134 valence electrons. The summed E-state index contributed by atoms with van der Waals surface area (Å²) in [5.41, 5.74) is 0. The third-order valence-corrected chi connectivity index (χ3v) is 4.38. The Balaban J connectivity index is 1.72. The van der Waals surface area contributed by atoms with E-state index in [2.05, 4.69) is 10.2 Å². The molecule has 0 radical (unpaired) electrons. The van der Waals surface area contributed by atoms with Crippen molar-refractivity contribution in [3.8, 4) is 11.5 Å². The van der Waals surface area contributed by atoms with Crippen molar-refractivity contribution in [1.82, 2.24) is 10.2 Å². The van der Waals surface area contributed by atoms with Crippen molar-refractivity contribution in [3.63, 3.8) is 0 Å². The van der Waals surface area contributed by atoms with Crippen LogP contribution in [-0.4, -0.2) is 50.2 Å². The molecule has 2 rings (SSSR count). The van der Waals surface area contributed by atoms with Crippen molar-refractivity contribution in [2.45, 2.75) is 45.1 Å². The van der Waals surface area contributed by atoms with Crippen LogP contribution in [0.4, 0.5) is 0 Å². The molecule has 1 fully saturated rings. The van der Waals surface area contributed by atoms with E-state index in [4.69, 9.17) is 9.47 Å². The number of piperidine rings is 1. The molecule has 1 N–H and O–H groups in total. The Labute approximate surface area is 145 Å². The summed E-state index contributed by atoms with van der Waals surface area (Å²) >= 11 is 0. The van der Waals surface area contributed by atoms with Crippen LogP contribution in [0.15, 0.2) is 24.3 Å². The highest BCUT2D eigenvalue weighted by Gasteiger charge is 2.18. The Morgan fingerprint density at radius 3 is 2.71 bits per heavy atom. The first-order chi connectivity index (χ1) is 11.7. The average molecular weight is 334 g/mol. The molecule has 0 unspecified atom stereocenters. The molecule has 0 aromatic heterocycles. The zero-order valence-electron chi connectivity index (χ0n) is 14.9. The van der Waals surface area contributed by atoms with Gasteiger partial charge in [-0.15, -0.1) is 0 Å². The van der Waals surface area contributed by atoms with Crippen molar-refractivity contribution in [2.75, 3.05) is 33.3 Å². The normalized spacial score (nSPS) is 16.4. The Hall–Kier alpha value is -1.75. The number of nitrogens with one attached hydrogen (secondary N) is 1. The lowest BCUT2D eigenvalue weighted by molar-refractivity contribution is -0.128. The summed E-state index contributed by atoms with van der Waals surface area (Å²) in [6, 6.07) is 7.35. The van der Waals surface area contributed by atoms with E-state index in [0.717, 1.165) is 18.7 Å². The topological polar surface area (TPSA) is 50.8 Å².